The van der Waals surface area contributed by atoms with Gasteiger partial charge in [-0.05, 0) is 25.3 Å². The van der Waals surface area contributed by atoms with Crippen LogP contribution in [0.3, 0.4) is 0 Å². The Labute approximate surface area is 93.0 Å². The van der Waals surface area contributed by atoms with Crippen LogP contribution >= 0.6 is 0 Å². The van der Waals surface area contributed by atoms with Gasteiger partial charge in [-0.2, -0.15) is 0 Å². The Bertz CT molecular complexity index is 176. The van der Waals surface area contributed by atoms with Crippen LogP contribution < -0.4 is 10.6 Å². The van der Waals surface area contributed by atoms with E-state index in [0.29, 0.717) is 5.92 Å². The minimum Gasteiger partial charge on any atom is -0.355 e. The summed E-state index contributed by atoms with van der Waals surface area (Å²) >= 11 is 0. The number of carbonyl (C=O) groups excluding carboxylic acids is 1. The fourth-order valence-electron chi connectivity index (χ4n) is 2.19. The van der Waals surface area contributed by atoms with Crippen LogP contribution in [-0.4, -0.2) is 25.5 Å². The lowest BCUT2D eigenvalue weighted by atomic mass is 9.87. The largest absolute Gasteiger partial charge is 0.355 e. The average molecular weight is 212 g/mol. The monoisotopic (exact) mass is 212 g/mol. The van der Waals surface area contributed by atoms with E-state index in [1.54, 1.807) is 0 Å². The quantitative estimate of drug-likeness (QED) is 0.658. The second kappa shape index (κ2) is 7.69. The van der Waals surface area contributed by atoms with Crippen LogP contribution in [-0.2, 0) is 4.79 Å². The molecule has 0 aromatic rings. The van der Waals surface area contributed by atoms with Gasteiger partial charge in [0, 0.05) is 19.5 Å². The van der Waals surface area contributed by atoms with E-state index in [9.17, 15) is 4.79 Å². The van der Waals surface area contributed by atoms with Crippen molar-refractivity contribution in [3.63, 3.8) is 0 Å². The molecule has 0 unspecified atom stereocenters. The van der Waals surface area contributed by atoms with E-state index in [-0.39, 0.29) is 5.91 Å². The Hall–Kier alpha value is -0.570. The molecule has 0 bridgehead atoms. The lowest BCUT2D eigenvalue weighted by molar-refractivity contribution is -0.122. The van der Waals surface area contributed by atoms with Crippen LogP contribution in [0.1, 0.15) is 45.4 Å². The van der Waals surface area contributed by atoms with Crippen LogP contribution in [0.5, 0.6) is 0 Å². The molecule has 0 heterocycles. The van der Waals surface area contributed by atoms with Crippen molar-refractivity contribution in [1.29, 1.82) is 0 Å². The topological polar surface area (TPSA) is 41.1 Å². The van der Waals surface area contributed by atoms with Gasteiger partial charge in [0.15, 0.2) is 0 Å². The number of nitrogens with one attached hydrogen (secondary N) is 2. The molecule has 1 aliphatic carbocycles. The molecule has 3 nitrogen and oxygen atoms in total. The third-order valence-corrected chi connectivity index (χ3v) is 3.07. The highest BCUT2D eigenvalue weighted by Crippen LogP contribution is 2.25. The first-order valence-corrected chi connectivity index (χ1v) is 6.30. The minimum absolute atomic E-state index is 0.236. The molecule has 3 heteroatoms. The molecule has 0 radical (unpaired) electrons. The predicted molar refractivity (Wildman–Crippen MR) is 62.7 cm³/mol. The molecule has 0 atom stereocenters. The molecule has 2 N–H and O–H groups in total. The van der Waals surface area contributed by atoms with E-state index in [2.05, 4.69) is 17.6 Å². The molecule has 1 rings (SSSR count). The van der Waals surface area contributed by atoms with Gasteiger partial charge < -0.3 is 10.6 Å². The number of carbonyl (C=O) groups is 1. The van der Waals surface area contributed by atoms with Gasteiger partial charge >= 0.3 is 0 Å². The van der Waals surface area contributed by atoms with E-state index in [1.807, 2.05) is 0 Å². The Kier molecular flexibility index (Phi) is 6.41. The first-order valence-electron chi connectivity index (χ1n) is 6.30. The van der Waals surface area contributed by atoms with Crippen molar-refractivity contribution in [2.75, 3.05) is 19.6 Å². The van der Waals surface area contributed by atoms with Crippen LogP contribution in [0, 0.1) is 5.92 Å². The first-order chi connectivity index (χ1) is 7.33. The van der Waals surface area contributed by atoms with Crippen molar-refractivity contribution in [2.45, 2.75) is 45.4 Å². The summed E-state index contributed by atoms with van der Waals surface area (Å²) in [6, 6.07) is 0. The Morgan fingerprint density at radius 2 is 1.93 bits per heavy atom. The third kappa shape index (κ3) is 5.78. The highest BCUT2D eigenvalue weighted by atomic mass is 16.1. The van der Waals surface area contributed by atoms with Crippen molar-refractivity contribution in [1.82, 2.24) is 10.6 Å². The van der Waals surface area contributed by atoms with E-state index in [0.717, 1.165) is 26.1 Å². The summed E-state index contributed by atoms with van der Waals surface area (Å²) in [6.07, 6.45) is 7.23. The van der Waals surface area contributed by atoms with Crippen molar-refractivity contribution in [2.24, 2.45) is 5.92 Å². The molecule has 1 saturated carbocycles. The highest BCUT2D eigenvalue weighted by molar-refractivity contribution is 5.76. The standard InChI is InChI=1S/C12H24N2O/c1-2-13-8-9-14-12(15)10-11-6-4-3-5-7-11/h11,13H,2-10H2,1H3,(H,14,15). The SMILES string of the molecule is CCNCCNC(=O)CC1CCCCC1. The number of amides is 1. The van der Waals surface area contributed by atoms with Gasteiger partial charge in [0.1, 0.15) is 0 Å². The van der Waals surface area contributed by atoms with Gasteiger partial charge in [0.25, 0.3) is 0 Å². The molecule has 15 heavy (non-hydrogen) atoms. The molecule has 88 valence electrons. The highest BCUT2D eigenvalue weighted by Gasteiger charge is 2.16. The smallest absolute Gasteiger partial charge is 0.220 e. The van der Waals surface area contributed by atoms with Crippen LogP contribution in [0.25, 0.3) is 0 Å². The van der Waals surface area contributed by atoms with Crippen molar-refractivity contribution < 1.29 is 4.79 Å². The summed E-state index contributed by atoms with van der Waals surface area (Å²) in [6.45, 7) is 4.69. The molecule has 1 aliphatic rings. The maximum absolute atomic E-state index is 11.5. The van der Waals surface area contributed by atoms with Gasteiger partial charge in [-0.3, -0.25) is 4.79 Å². The van der Waals surface area contributed by atoms with Gasteiger partial charge in [0.2, 0.25) is 5.91 Å². The maximum Gasteiger partial charge on any atom is 0.220 e. The molecule has 0 aliphatic heterocycles. The van der Waals surface area contributed by atoms with Crippen LogP contribution in [0.15, 0.2) is 0 Å². The summed E-state index contributed by atoms with van der Waals surface area (Å²) in [5.74, 6) is 0.887. The Morgan fingerprint density at radius 1 is 1.20 bits per heavy atom. The zero-order valence-electron chi connectivity index (χ0n) is 9.85. The lowest BCUT2D eigenvalue weighted by Crippen LogP contribution is -2.32. The molecule has 0 aromatic carbocycles. The molecule has 1 amide bonds. The van der Waals surface area contributed by atoms with Crippen molar-refractivity contribution in [3.8, 4) is 0 Å². The zero-order valence-corrected chi connectivity index (χ0v) is 9.85. The summed E-state index contributed by atoms with van der Waals surface area (Å²) in [7, 11) is 0. The van der Waals surface area contributed by atoms with Crippen LogP contribution in [0.4, 0.5) is 0 Å². The molecule has 0 aromatic heterocycles. The lowest BCUT2D eigenvalue weighted by Gasteiger charge is -2.20. The number of hydrogen-bond acceptors (Lipinski definition) is 2. The third-order valence-electron chi connectivity index (χ3n) is 3.07. The summed E-state index contributed by atoms with van der Waals surface area (Å²) in [4.78, 5) is 11.5. The summed E-state index contributed by atoms with van der Waals surface area (Å²) in [5, 5.41) is 6.16. The average Bonchev–Trinajstić information content (AvgIpc) is 2.26. The molecule has 0 saturated heterocycles. The second-order valence-corrected chi connectivity index (χ2v) is 4.41. The number of likely N-dealkylation sites (N-methyl/N-ethyl adjacent to an activating group) is 1. The van der Waals surface area contributed by atoms with Gasteiger partial charge in [-0.25, -0.2) is 0 Å². The van der Waals surface area contributed by atoms with Gasteiger partial charge in [-0.15, -0.1) is 0 Å². The fourth-order valence-corrected chi connectivity index (χ4v) is 2.19. The van der Waals surface area contributed by atoms with Crippen molar-refractivity contribution in [3.05, 3.63) is 0 Å². The van der Waals surface area contributed by atoms with Crippen molar-refractivity contribution >= 4 is 5.91 Å². The molecule has 0 spiro atoms. The van der Waals surface area contributed by atoms with E-state index < -0.39 is 0 Å². The number of rotatable bonds is 6. The van der Waals surface area contributed by atoms with E-state index >= 15 is 0 Å². The van der Waals surface area contributed by atoms with Gasteiger partial charge in [0.05, 0.1) is 0 Å². The summed E-state index contributed by atoms with van der Waals surface area (Å²) < 4.78 is 0. The molecular weight excluding hydrogens is 188 g/mol. The van der Waals surface area contributed by atoms with E-state index in [4.69, 9.17) is 0 Å². The van der Waals surface area contributed by atoms with Gasteiger partial charge in [-0.1, -0.05) is 26.2 Å². The van der Waals surface area contributed by atoms with Crippen LogP contribution in [0.2, 0.25) is 0 Å². The summed E-state index contributed by atoms with van der Waals surface area (Å²) in [5.41, 5.74) is 0. The maximum atomic E-state index is 11.5. The Balaban J connectivity index is 2.01. The van der Waals surface area contributed by atoms with E-state index in [1.165, 1.54) is 32.1 Å². The zero-order chi connectivity index (χ0) is 10.9. The molecule has 1 fully saturated rings. The Morgan fingerprint density at radius 3 is 2.60 bits per heavy atom. The normalized spacial score (nSPS) is 17.7. The second-order valence-electron chi connectivity index (χ2n) is 4.41. The predicted octanol–water partition coefficient (Wildman–Crippen LogP) is 1.68. The minimum atomic E-state index is 0.236. The first kappa shape index (κ1) is 12.5. The number of hydrogen-bond donors (Lipinski definition) is 2. The molecular formula is C12H24N2O. The fraction of sp³-hybridized carbons (Fsp3) is 0.917.